The first-order valence-corrected chi connectivity index (χ1v) is 10.7. The second-order valence-electron chi connectivity index (χ2n) is 7.44. The number of aromatic nitrogens is 2. The van der Waals surface area contributed by atoms with Crippen molar-refractivity contribution < 1.29 is 0 Å². The third-order valence-electron chi connectivity index (χ3n) is 5.30. The molecule has 0 aliphatic carbocycles. The van der Waals surface area contributed by atoms with E-state index in [2.05, 4.69) is 39.5 Å². The van der Waals surface area contributed by atoms with Gasteiger partial charge in [-0.15, -0.1) is 11.3 Å². The van der Waals surface area contributed by atoms with E-state index in [0.717, 1.165) is 46.3 Å². The lowest BCUT2D eigenvalue weighted by atomic mass is 10.2. The number of rotatable bonds is 5. The van der Waals surface area contributed by atoms with Gasteiger partial charge in [-0.2, -0.15) is 0 Å². The zero-order chi connectivity index (χ0) is 19.6. The first kappa shape index (κ1) is 18.1. The Hall–Kier alpha value is -2.96. The molecule has 0 spiro atoms. The molecule has 4 aromatic rings. The van der Waals surface area contributed by atoms with Gasteiger partial charge >= 0.3 is 0 Å². The zero-order valence-corrected chi connectivity index (χ0v) is 16.8. The van der Waals surface area contributed by atoms with Gasteiger partial charge in [0.15, 0.2) is 0 Å². The highest BCUT2D eigenvalue weighted by molar-refractivity contribution is 7.21. The monoisotopic (exact) mass is 402 g/mol. The van der Waals surface area contributed by atoms with Crippen LogP contribution in [0, 0.1) is 0 Å². The zero-order valence-electron chi connectivity index (χ0n) is 16.0. The fourth-order valence-electron chi connectivity index (χ4n) is 3.87. The van der Waals surface area contributed by atoms with Crippen LogP contribution in [0.4, 0.5) is 5.69 Å². The molecule has 2 aromatic heterocycles. The molecule has 2 aromatic carbocycles. The van der Waals surface area contributed by atoms with Crippen molar-refractivity contribution in [3.63, 3.8) is 0 Å². The number of nitrogens with zero attached hydrogens (tertiary/aromatic N) is 2. The Bertz CT molecular complexity index is 1170. The lowest BCUT2D eigenvalue weighted by Gasteiger charge is -2.16. The number of nitrogens with one attached hydrogen (secondary N) is 2. The van der Waals surface area contributed by atoms with Gasteiger partial charge in [-0.25, -0.2) is 4.98 Å². The number of thiophene rings is 1. The van der Waals surface area contributed by atoms with E-state index in [4.69, 9.17) is 4.98 Å². The highest BCUT2D eigenvalue weighted by Gasteiger charge is 2.23. The molecule has 0 saturated carbocycles. The van der Waals surface area contributed by atoms with Gasteiger partial charge in [0, 0.05) is 29.7 Å². The Balaban J connectivity index is 1.31. The van der Waals surface area contributed by atoms with E-state index in [0.29, 0.717) is 18.0 Å². The van der Waals surface area contributed by atoms with Gasteiger partial charge in [-0.3, -0.25) is 9.69 Å². The summed E-state index contributed by atoms with van der Waals surface area (Å²) in [6.07, 6.45) is 1.08. The fraction of sp³-hybridized carbons (Fsp3) is 0.217. The predicted molar refractivity (Wildman–Crippen MR) is 119 cm³/mol. The minimum absolute atomic E-state index is 0.0541. The van der Waals surface area contributed by atoms with Crippen molar-refractivity contribution in [3.05, 3.63) is 82.9 Å². The molecular weight excluding hydrogens is 380 g/mol. The molecule has 3 heterocycles. The second kappa shape index (κ2) is 7.81. The predicted octanol–water partition coefficient (Wildman–Crippen LogP) is 4.34. The van der Waals surface area contributed by atoms with Gasteiger partial charge in [-0.1, -0.05) is 48.5 Å². The van der Waals surface area contributed by atoms with E-state index in [1.54, 1.807) is 11.3 Å². The van der Waals surface area contributed by atoms with E-state index in [1.807, 2.05) is 42.5 Å². The van der Waals surface area contributed by atoms with Crippen molar-refractivity contribution in [2.45, 2.75) is 19.0 Å². The summed E-state index contributed by atoms with van der Waals surface area (Å²) in [7, 11) is 0. The summed E-state index contributed by atoms with van der Waals surface area (Å²) in [5, 5.41) is 4.26. The maximum atomic E-state index is 12.6. The van der Waals surface area contributed by atoms with Crippen molar-refractivity contribution in [2.75, 3.05) is 18.4 Å². The highest BCUT2D eigenvalue weighted by atomic mass is 32.1. The van der Waals surface area contributed by atoms with Gasteiger partial charge in [0.25, 0.3) is 5.56 Å². The molecule has 0 radical (unpaired) electrons. The summed E-state index contributed by atoms with van der Waals surface area (Å²) < 4.78 is 0. The largest absolute Gasteiger partial charge is 0.381 e. The van der Waals surface area contributed by atoms with Crippen LogP contribution in [-0.2, 0) is 6.54 Å². The van der Waals surface area contributed by atoms with Gasteiger partial charge in [0.05, 0.1) is 11.9 Å². The average Bonchev–Trinajstić information content (AvgIpc) is 3.37. The van der Waals surface area contributed by atoms with Crippen molar-refractivity contribution in [2.24, 2.45) is 0 Å². The summed E-state index contributed by atoms with van der Waals surface area (Å²) in [5.74, 6) is 0.740. The van der Waals surface area contributed by atoms with Crippen LogP contribution in [0.5, 0.6) is 0 Å². The molecule has 29 heavy (non-hydrogen) atoms. The van der Waals surface area contributed by atoms with Crippen LogP contribution < -0.4 is 10.9 Å². The Morgan fingerprint density at radius 2 is 1.86 bits per heavy atom. The van der Waals surface area contributed by atoms with Crippen LogP contribution in [0.15, 0.2) is 71.5 Å². The molecular formula is C23H22N4OS. The summed E-state index contributed by atoms with van der Waals surface area (Å²) in [6, 6.07) is 22.8. The number of aromatic amines is 1. The van der Waals surface area contributed by atoms with Crippen LogP contribution in [0.2, 0.25) is 0 Å². The Labute approximate surface area is 173 Å². The topological polar surface area (TPSA) is 61.0 Å². The van der Waals surface area contributed by atoms with E-state index in [-0.39, 0.29) is 5.56 Å². The molecule has 0 amide bonds. The first-order chi connectivity index (χ1) is 14.2. The first-order valence-electron chi connectivity index (χ1n) is 9.87. The van der Waals surface area contributed by atoms with E-state index in [1.165, 1.54) is 0 Å². The number of anilines is 1. The van der Waals surface area contributed by atoms with Crippen LogP contribution in [0.25, 0.3) is 20.7 Å². The van der Waals surface area contributed by atoms with Crippen LogP contribution in [0.1, 0.15) is 12.2 Å². The molecule has 1 saturated heterocycles. The van der Waals surface area contributed by atoms with Crippen molar-refractivity contribution in [1.29, 1.82) is 0 Å². The van der Waals surface area contributed by atoms with Crippen molar-refractivity contribution >= 4 is 27.2 Å². The third kappa shape index (κ3) is 3.95. The molecule has 5 nitrogen and oxygen atoms in total. The Morgan fingerprint density at radius 3 is 2.66 bits per heavy atom. The lowest BCUT2D eigenvalue weighted by Crippen LogP contribution is -2.27. The maximum Gasteiger partial charge on any atom is 0.259 e. The van der Waals surface area contributed by atoms with Gasteiger partial charge in [0.2, 0.25) is 0 Å². The van der Waals surface area contributed by atoms with Crippen molar-refractivity contribution in [3.8, 4) is 10.4 Å². The summed E-state index contributed by atoms with van der Waals surface area (Å²) in [4.78, 5) is 24.6. The number of benzene rings is 2. The van der Waals surface area contributed by atoms with E-state index in [9.17, 15) is 4.79 Å². The summed E-state index contributed by atoms with van der Waals surface area (Å²) in [6.45, 7) is 2.60. The quantitative estimate of drug-likeness (QED) is 0.521. The van der Waals surface area contributed by atoms with Crippen LogP contribution in [0.3, 0.4) is 0 Å². The molecule has 2 N–H and O–H groups in total. The molecule has 5 rings (SSSR count). The third-order valence-corrected chi connectivity index (χ3v) is 6.38. The number of fused-ring (bicyclic) bond motifs is 1. The van der Waals surface area contributed by atoms with Gasteiger partial charge in [0.1, 0.15) is 10.7 Å². The SMILES string of the molecule is O=c1[nH]c(CN2CCC(Nc3ccccc3)C2)nc2sc(-c3ccccc3)cc12. The second-order valence-corrected chi connectivity index (χ2v) is 8.47. The standard InChI is InChI=1S/C23H22N4OS/c28-22-19-13-20(16-7-3-1-4-8-16)29-23(19)26-21(25-22)15-27-12-11-18(14-27)24-17-9-5-2-6-10-17/h1-10,13,18,24H,11-12,14-15H2,(H,25,26,28). The number of hydrogen-bond donors (Lipinski definition) is 2. The highest BCUT2D eigenvalue weighted by Crippen LogP contribution is 2.30. The van der Waals surface area contributed by atoms with Crippen LogP contribution in [-0.4, -0.2) is 34.0 Å². The molecule has 1 atom stereocenters. The van der Waals surface area contributed by atoms with Crippen LogP contribution >= 0.6 is 11.3 Å². The summed E-state index contributed by atoms with van der Waals surface area (Å²) >= 11 is 1.58. The fourth-order valence-corrected chi connectivity index (χ4v) is 4.93. The lowest BCUT2D eigenvalue weighted by molar-refractivity contribution is 0.320. The molecule has 0 bridgehead atoms. The minimum Gasteiger partial charge on any atom is -0.381 e. The number of para-hydroxylation sites is 1. The molecule has 1 aliphatic heterocycles. The minimum atomic E-state index is -0.0541. The molecule has 1 fully saturated rings. The Morgan fingerprint density at radius 1 is 1.10 bits per heavy atom. The number of likely N-dealkylation sites (tertiary alicyclic amines) is 1. The van der Waals surface area contributed by atoms with Crippen molar-refractivity contribution in [1.82, 2.24) is 14.9 Å². The van der Waals surface area contributed by atoms with E-state index < -0.39 is 0 Å². The Kier molecular flexibility index (Phi) is 4.87. The van der Waals surface area contributed by atoms with E-state index >= 15 is 0 Å². The molecule has 1 aliphatic rings. The smallest absolute Gasteiger partial charge is 0.259 e. The maximum absolute atomic E-state index is 12.6. The number of H-pyrrole nitrogens is 1. The van der Waals surface area contributed by atoms with Gasteiger partial charge in [-0.05, 0) is 30.2 Å². The summed E-state index contributed by atoms with van der Waals surface area (Å²) in [5.41, 5.74) is 2.21. The molecule has 1 unspecified atom stereocenters. The average molecular weight is 403 g/mol. The number of hydrogen-bond acceptors (Lipinski definition) is 5. The van der Waals surface area contributed by atoms with Gasteiger partial charge < -0.3 is 10.3 Å². The normalized spacial score (nSPS) is 17.0. The molecule has 6 heteroatoms. The molecule has 146 valence electrons.